The van der Waals surface area contributed by atoms with Crippen LogP contribution in [0.2, 0.25) is 0 Å². The van der Waals surface area contributed by atoms with E-state index in [4.69, 9.17) is 5.73 Å². The van der Waals surface area contributed by atoms with Crippen molar-refractivity contribution in [3.8, 4) is 0 Å². The standard InChI is InChI=1S/C15H29N3O2/c1-4-6-7-13(15(16)20)17-12-8-9-18(10-11(12)3)14(19)5-2/h11-13,17H,4-10H2,1-3H3,(H2,16,20)/t11-,12-,13-/m0/s1. The molecule has 0 unspecified atom stereocenters. The van der Waals surface area contributed by atoms with Crippen LogP contribution in [0.3, 0.4) is 0 Å². The van der Waals surface area contributed by atoms with Crippen LogP contribution in [-0.4, -0.2) is 41.9 Å². The molecule has 0 spiro atoms. The zero-order chi connectivity index (χ0) is 15.1. The molecule has 1 heterocycles. The lowest BCUT2D eigenvalue weighted by Gasteiger charge is -2.38. The number of rotatable bonds is 7. The highest BCUT2D eigenvalue weighted by molar-refractivity contribution is 5.79. The third kappa shape index (κ3) is 4.78. The van der Waals surface area contributed by atoms with Gasteiger partial charge in [-0.2, -0.15) is 0 Å². The molecule has 0 saturated carbocycles. The maximum atomic E-state index is 11.7. The van der Waals surface area contributed by atoms with Crippen LogP contribution in [0.4, 0.5) is 0 Å². The zero-order valence-corrected chi connectivity index (χ0v) is 13.0. The summed E-state index contributed by atoms with van der Waals surface area (Å²) in [5, 5.41) is 3.40. The van der Waals surface area contributed by atoms with E-state index in [9.17, 15) is 9.59 Å². The van der Waals surface area contributed by atoms with Gasteiger partial charge >= 0.3 is 0 Å². The van der Waals surface area contributed by atoms with Crippen molar-refractivity contribution in [3.63, 3.8) is 0 Å². The van der Waals surface area contributed by atoms with Crippen molar-refractivity contribution in [2.45, 2.75) is 65.0 Å². The summed E-state index contributed by atoms with van der Waals surface area (Å²) >= 11 is 0. The molecule has 0 aliphatic carbocycles. The van der Waals surface area contributed by atoms with Crippen LogP contribution in [0, 0.1) is 5.92 Å². The van der Waals surface area contributed by atoms with Crippen LogP contribution < -0.4 is 11.1 Å². The fraction of sp³-hybridized carbons (Fsp3) is 0.867. The second kappa shape index (κ2) is 8.25. The average Bonchev–Trinajstić information content (AvgIpc) is 2.43. The molecule has 3 N–H and O–H groups in total. The first-order valence-corrected chi connectivity index (χ1v) is 7.82. The maximum Gasteiger partial charge on any atom is 0.234 e. The largest absolute Gasteiger partial charge is 0.368 e. The van der Waals surface area contributed by atoms with E-state index in [0.717, 1.165) is 38.8 Å². The van der Waals surface area contributed by atoms with E-state index in [-0.39, 0.29) is 23.9 Å². The first kappa shape index (κ1) is 17.0. The normalized spacial score (nSPS) is 24.4. The van der Waals surface area contributed by atoms with Gasteiger partial charge in [0.2, 0.25) is 11.8 Å². The van der Waals surface area contributed by atoms with Gasteiger partial charge in [0, 0.05) is 25.6 Å². The molecule has 0 aromatic carbocycles. The topological polar surface area (TPSA) is 75.4 Å². The number of hydrogen-bond donors (Lipinski definition) is 2. The summed E-state index contributed by atoms with van der Waals surface area (Å²) in [5.41, 5.74) is 5.47. The van der Waals surface area contributed by atoms with Gasteiger partial charge < -0.3 is 16.0 Å². The Morgan fingerprint density at radius 2 is 2.10 bits per heavy atom. The van der Waals surface area contributed by atoms with Gasteiger partial charge in [-0.1, -0.05) is 33.6 Å². The predicted molar refractivity (Wildman–Crippen MR) is 80.1 cm³/mol. The maximum absolute atomic E-state index is 11.7. The summed E-state index contributed by atoms with van der Waals surface area (Å²) in [6, 6.07) is 0.0288. The Bertz CT molecular complexity index is 333. The Kier molecular flexibility index (Phi) is 6.99. The molecule has 20 heavy (non-hydrogen) atoms. The summed E-state index contributed by atoms with van der Waals surface area (Å²) in [6.45, 7) is 7.67. The molecule has 5 nitrogen and oxygen atoms in total. The Labute approximate surface area is 122 Å². The minimum absolute atomic E-state index is 0.215. The molecule has 116 valence electrons. The Morgan fingerprint density at radius 3 is 2.60 bits per heavy atom. The monoisotopic (exact) mass is 283 g/mol. The zero-order valence-electron chi connectivity index (χ0n) is 13.0. The molecule has 0 aromatic heterocycles. The minimum atomic E-state index is -0.266. The van der Waals surface area contributed by atoms with Crippen molar-refractivity contribution in [2.75, 3.05) is 13.1 Å². The number of likely N-dealkylation sites (tertiary alicyclic amines) is 1. The summed E-state index contributed by atoms with van der Waals surface area (Å²) in [6.07, 6.45) is 4.31. The lowest BCUT2D eigenvalue weighted by molar-refractivity contribution is -0.133. The highest BCUT2D eigenvalue weighted by Gasteiger charge is 2.30. The quantitative estimate of drug-likeness (QED) is 0.739. The van der Waals surface area contributed by atoms with Crippen LogP contribution >= 0.6 is 0 Å². The van der Waals surface area contributed by atoms with Gasteiger partial charge in [-0.05, 0) is 18.8 Å². The van der Waals surface area contributed by atoms with E-state index >= 15 is 0 Å². The lowest BCUT2D eigenvalue weighted by Crippen LogP contribution is -2.55. The Balaban J connectivity index is 2.51. The van der Waals surface area contributed by atoms with E-state index in [1.807, 2.05) is 11.8 Å². The molecule has 1 aliphatic rings. The van der Waals surface area contributed by atoms with Crippen LogP contribution in [0.25, 0.3) is 0 Å². The van der Waals surface area contributed by atoms with Crippen molar-refractivity contribution in [1.29, 1.82) is 0 Å². The van der Waals surface area contributed by atoms with Gasteiger partial charge in [-0.15, -0.1) is 0 Å². The van der Waals surface area contributed by atoms with Crippen LogP contribution in [0.15, 0.2) is 0 Å². The predicted octanol–water partition coefficient (Wildman–Crippen LogP) is 1.27. The molecule has 3 atom stereocenters. The fourth-order valence-corrected chi connectivity index (χ4v) is 2.82. The van der Waals surface area contributed by atoms with Crippen LogP contribution in [-0.2, 0) is 9.59 Å². The van der Waals surface area contributed by atoms with Gasteiger partial charge in [0.05, 0.1) is 6.04 Å². The summed E-state index contributed by atoms with van der Waals surface area (Å²) in [4.78, 5) is 25.1. The number of carbonyl (C=O) groups excluding carboxylic acids is 2. The number of nitrogens with two attached hydrogens (primary N) is 1. The third-order valence-electron chi connectivity index (χ3n) is 4.17. The molecule has 2 amide bonds. The Hall–Kier alpha value is -1.10. The van der Waals surface area contributed by atoms with Crippen molar-refractivity contribution in [2.24, 2.45) is 11.7 Å². The van der Waals surface area contributed by atoms with Gasteiger partial charge in [0.25, 0.3) is 0 Å². The van der Waals surface area contributed by atoms with E-state index in [0.29, 0.717) is 12.3 Å². The number of piperidine rings is 1. The first-order valence-electron chi connectivity index (χ1n) is 7.82. The van der Waals surface area contributed by atoms with Gasteiger partial charge in [-0.3, -0.25) is 9.59 Å². The average molecular weight is 283 g/mol. The summed E-state index contributed by atoms with van der Waals surface area (Å²) < 4.78 is 0. The van der Waals surface area contributed by atoms with Crippen molar-refractivity contribution in [3.05, 3.63) is 0 Å². The number of nitrogens with one attached hydrogen (secondary N) is 1. The van der Waals surface area contributed by atoms with E-state index < -0.39 is 0 Å². The molecule has 1 rings (SSSR count). The Morgan fingerprint density at radius 1 is 1.40 bits per heavy atom. The summed E-state index contributed by atoms with van der Waals surface area (Å²) in [5.74, 6) is 0.299. The van der Waals surface area contributed by atoms with Crippen molar-refractivity contribution in [1.82, 2.24) is 10.2 Å². The second-order valence-corrected chi connectivity index (χ2v) is 5.83. The number of amides is 2. The number of carbonyl (C=O) groups is 2. The van der Waals surface area contributed by atoms with Crippen molar-refractivity contribution < 1.29 is 9.59 Å². The van der Waals surface area contributed by atoms with Gasteiger partial charge in [0.15, 0.2) is 0 Å². The molecule has 1 aliphatic heterocycles. The molecule has 1 fully saturated rings. The van der Waals surface area contributed by atoms with Crippen LogP contribution in [0.1, 0.15) is 52.9 Å². The van der Waals surface area contributed by atoms with E-state index in [2.05, 4.69) is 19.2 Å². The van der Waals surface area contributed by atoms with Gasteiger partial charge in [0.1, 0.15) is 0 Å². The van der Waals surface area contributed by atoms with Gasteiger partial charge in [-0.25, -0.2) is 0 Å². The van der Waals surface area contributed by atoms with Crippen molar-refractivity contribution >= 4 is 11.8 Å². The highest BCUT2D eigenvalue weighted by atomic mass is 16.2. The molecular formula is C15H29N3O2. The number of primary amides is 1. The molecule has 0 radical (unpaired) electrons. The third-order valence-corrected chi connectivity index (χ3v) is 4.17. The molecular weight excluding hydrogens is 254 g/mol. The minimum Gasteiger partial charge on any atom is -0.368 e. The molecule has 0 bridgehead atoms. The SMILES string of the molecule is CCCC[C@H](N[C@H]1CCN(C(=O)CC)C[C@@H]1C)C(N)=O. The number of nitrogens with zero attached hydrogens (tertiary/aromatic N) is 1. The molecule has 0 aromatic rings. The van der Waals surface area contributed by atoms with E-state index in [1.54, 1.807) is 0 Å². The molecule has 5 heteroatoms. The van der Waals surface area contributed by atoms with Crippen LogP contribution in [0.5, 0.6) is 0 Å². The highest BCUT2D eigenvalue weighted by Crippen LogP contribution is 2.18. The smallest absolute Gasteiger partial charge is 0.234 e. The summed E-state index contributed by atoms with van der Waals surface area (Å²) in [7, 11) is 0. The first-order chi connectivity index (χ1) is 9.49. The lowest BCUT2D eigenvalue weighted by atomic mass is 9.92. The molecule has 1 saturated heterocycles. The second-order valence-electron chi connectivity index (χ2n) is 5.83. The number of unbranched alkanes of at least 4 members (excludes halogenated alkanes) is 1. The van der Waals surface area contributed by atoms with E-state index in [1.165, 1.54) is 0 Å². The number of hydrogen-bond acceptors (Lipinski definition) is 3. The fourth-order valence-electron chi connectivity index (χ4n) is 2.82.